The van der Waals surface area contributed by atoms with Gasteiger partial charge in [0.2, 0.25) is 5.91 Å². The van der Waals surface area contributed by atoms with Gasteiger partial charge in [0.05, 0.1) is 0 Å². The molecule has 2 unspecified atom stereocenters. The molecule has 1 amide bonds. The lowest BCUT2D eigenvalue weighted by Crippen LogP contribution is -2.47. The number of rotatable bonds is 6. The predicted molar refractivity (Wildman–Crippen MR) is 70.7 cm³/mol. The van der Waals surface area contributed by atoms with Gasteiger partial charge in [-0.3, -0.25) is 9.69 Å². The van der Waals surface area contributed by atoms with Gasteiger partial charge in [-0.15, -0.1) is 0 Å². The maximum absolute atomic E-state index is 11.7. The summed E-state index contributed by atoms with van der Waals surface area (Å²) in [7, 11) is 0. The number of amides is 1. The first-order valence-electron chi connectivity index (χ1n) is 6.78. The lowest BCUT2D eigenvalue weighted by Gasteiger charge is -2.31. The van der Waals surface area contributed by atoms with Crippen LogP contribution in [0.5, 0.6) is 0 Å². The van der Waals surface area contributed by atoms with E-state index in [4.69, 9.17) is 5.73 Å². The Balaban J connectivity index is 2.41. The largest absolute Gasteiger partial charge is 0.354 e. The molecule has 0 radical (unpaired) electrons. The van der Waals surface area contributed by atoms with E-state index in [1.165, 1.54) is 25.9 Å². The van der Waals surface area contributed by atoms with Crippen LogP contribution in [0.25, 0.3) is 0 Å². The second kappa shape index (κ2) is 6.97. The summed E-state index contributed by atoms with van der Waals surface area (Å²) < 4.78 is 0. The van der Waals surface area contributed by atoms with Crippen LogP contribution in [0.1, 0.15) is 33.6 Å². The monoisotopic (exact) mass is 241 g/mol. The first-order chi connectivity index (χ1) is 8.06. The molecular weight excluding hydrogens is 214 g/mol. The summed E-state index contributed by atoms with van der Waals surface area (Å²) in [5.74, 6) is 0.570. The molecule has 1 heterocycles. The van der Waals surface area contributed by atoms with Crippen molar-refractivity contribution in [3.05, 3.63) is 0 Å². The molecule has 17 heavy (non-hydrogen) atoms. The smallest absolute Gasteiger partial charge is 0.224 e. The maximum atomic E-state index is 11.7. The van der Waals surface area contributed by atoms with Crippen molar-refractivity contribution in [2.24, 2.45) is 17.6 Å². The summed E-state index contributed by atoms with van der Waals surface area (Å²) in [5.41, 5.74) is 5.49. The SMILES string of the molecule is CC(CN)C(=O)NCC(C(C)C)N1CCCC1. The van der Waals surface area contributed by atoms with E-state index in [9.17, 15) is 4.79 Å². The van der Waals surface area contributed by atoms with Gasteiger partial charge >= 0.3 is 0 Å². The Morgan fingerprint density at radius 3 is 2.35 bits per heavy atom. The van der Waals surface area contributed by atoms with Crippen molar-refractivity contribution >= 4 is 5.91 Å². The van der Waals surface area contributed by atoms with E-state index in [0.29, 0.717) is 18.5 Å². The van der Waals surface area contributed by atoms with Gasteiger partial charge in [-0.05, 0) is 31.8 Å². The summed E-state index contributed by atoms with van der Waals surface area (Å²) in [6.07, 6.45) is 2.58. The number of nitrogens with zero attached hydrogens (tertiary/aromatic N) is 1. The van der Waals surface area contributed by atoms with Crippen LogP contribution in [-0.2, 0) is 4.79 Å². The van der Waals surface area contributed by atoms with Gasteiger partial charge in [-0.2, -0.15) is 0 Å². The highest BCUT2D eigenvalue weighted by molar-refractivity contribution is 5.78. The van der Waals surface area contributed by atoms with Gasteiger partial charge < -0.3 is 11.1 Å². The highest BCUT2D eigenvalue weighted by Crippen LogP contribution is 2.17. The molecule has 0 aromatic rings. The fourth-order valence-corrected chi connectivity index (χ4v) is 2.35. The molecule has 100 valence electrons. The Hall–Kier alpha value is -0.610. The molecule has 0 aromatic heterocycles. The molecule has 1 fully saturated rings. The molecule has 0 bridgehead atoms. The summed E-state index contributed by atoms with van der Waals surface area (Å²) in [6, 6.07) is 0.464. The molecule has 1 saturated heterocycles. The van der Waals surface area contributed by atoms with Gasteiger partial charge in [0.25, 0.3) is 0 Å². The molecule has 0 aliphatic carbocycles. The second-order valence-corrected chi connectivity index (χ2v) is 5.44. The zero-order chi connectivity index (χ0) is 12.8. The maximum Gasteiger partial charge on any atom is 0.224 e. The number of likely N-dealkylation sites (tertiary alicyclic amines) is 1. The van der Waals surface area contributed by atoms with Crippen molar-refractivity contribution < 1.29 is 4.79 Å². The van der Waals surface area contributed by atoms with Crippen LogP contribution < -0.4 is 11.1 Å². The number of hydrogen-bond donors (Lipinski definition) is 2. The van der Waals surface area contributed by atoms with Gasteiger partial charge in [0, 0.05) is 25.0 Å². The van der Waals surface area contributed by atoms with E-state index in [2.05, 4.69) is 24.1 Å². The third kappa shape index (κ3) is 4.28. The Kier molecular flexibility index (Phi) is 5.92. The van der Waals surface area contributed by atoms with Gasteiger partial charge in [0.15, 0.2) is 0 Å². The lowest BCUT2D eigenvalue weighted by molar-refractivity contribution is -0.124. The van der Waals surface area contributed by atoms with Crippen LogP contribution in [0.3, 0.4) is 0 Å². The molecule has 3 N–H and O–H groups in total. The molecule has 0 saturated carbocycles. The number of hydrogen-bond acceptors (Lipinski definition) is 3. The summed E-state index contributed by atoms with van der Waals surface area (Å²) in [6.45, 7) is 9.83. The molecule has 0 spiro atoms. The zero-order valence-corrected chi connectivity index (χ0v) is 11.4. The van der Waals surface area contributed by atoms with E-state index in [1.807, 2.05) is 6.92 Å². The normalized spacial score (nSPS) is 20.5. The molecule has 4 heteroatoms. The summed E-state index contributed by atoms with van der Waals surface area (Å²) >= 11 is 0. The van der Waals surface area contributed by atoms with Crippen molar-refractivity contribution in [1.82, 2.24) is 10.2 Å². The van der Waals surface area contributed by atoms with Crippen LogP contribution in [0.15, 0.2) is 0 Å². The van der Waals surface area contributed by atoms with Gasteiger partial charge in [-0.25, -0.2) is 0 Å². The molecule has 4 nitrogen and oxygen atoms in total. The first-order valence-corrected chi connectivity index (χ1v) is 6.78. The van der Waals surface area contributed by atoms with E-state index in [-0.39, 0.29) is 11.8 Å². The van der Waals surface area contributed by atoms with Crippen LogP contribution in [0.2, 0.25) is 0 Å². The highest BCUT2D eigenvalue weighted by atomic mass is 16.1. The standard InChI is InChI=1S/C13H27N3O/c1-10(2)12(16-6-4-5-7-16)9-15-13(17)11(3)8-14/h10-12H,4-9,14H2,1-3H3,(H,15,17). The number of nitrogens with two attached hydrogens (primary N) is 1. The molecular formula is C13H27N3O. The Morgan fingerprint density at radius 1 is 1.29 bits per heavy atom. The fraction of sp³-hybridized carbons (Fsp3) is 0.923. The highest BCUT2D eigenvalue weighted by Gasteiger charge is 2.25. The van der Waals surface area contributed by atoms with E-state index >= 15 is 0 Å². The van der Waals surface area contributed by atoms with Crippen molar-refractivity contribution in [1.29, 1.82) is 0 Å². The van der Waals surface area contributed by atoms with Gasteiger partial charge in [0.1, 0.15) is 0 Å². The van der Waals surface area contributed by atoms with Gasteiger partial charge in [-0.1, -0.05) is 20.8 Å². The van der Waals surface area contributed by atoms with E-state index in [1.54, 1.807) is 0 Å². The molecule has 1 aliphatic rings. The quantitative estimate of drug-likeness (QED) is 0.724. The van der Waals surface area contributed by atoms with E-state index < -0.39 is 0 Å². The Labute approximate surface area is 105 Å². The van der Waals surface area contributed by atoms with Crippen molar-refractivity contribution in [3.8, 4) is 0 Å². The molecule has 2 atom stereocenters. The van der Waals surface area contributed by atoms with Crippen LogP contribution in [0, 0.1) is 11.8 Å². The van der Waals surface area contributed by atoms with Crippen molar-refractivity contribution in [3.63, 3.8) is 0 Å². The Morgan fingerprint density at radius 2 is 1.88 bits per heavy atom. The summed E-state index contributed by atoms with van der Waals surface area (Å²) in [5, 5.41) is 3.03. The number of carbonyl (C=O) groups excluding carboxylic acids is 1. The topological polar surface area (TPSA) is 58.4 Å². The predicted octanol–water partition coefficient (Wildman–Crippen LogP) is 0.818. The average Bonchev–Trinajstić information content (AvgIpc) is 2.81. The average molecular weight is 241 g/mol. The third-order valence-corrected chi connectivity index (χ3v) is 3.67. The second-order valence-electron chi connectivity index (χ2n) is 5.44. The fourth-order valence-electron chi connectivity index (χ4n) is 2.35. The lowest BCUT2D eigenvalue weighted by atomic mass is 10.0. The number of carbonyl (C=O) groups is 1. The number of nitrogens with one attached hydrogen (secondary N) is 1. The first kappa shape index (κ1) is 14.5. The van der Waals surface area contributed by atoms with Crippen molar-refractivity contribution in [2.75, 3.05) is 26.2 Å². The van der Waals surface area contributed by atoms with Crippen LogP contribution in [-0.4, -0.2) is 43.0 Å². The van der Waals surface area contributed by atoms with E-state index in [0.717, 1.165) is 6.54 Å². The zero-order valence-electron chi connectivity index (χ0n) is 11.4. The van der Waals surface area contributed by atoms with Crippen LogP contribution >= 0.6 is 0 Å². The van der Waals surface area contributed by atoms with Crippen molar-refractivity contribution in [2.45, 2.75) is 39.7 Å². The molecule has 1 rings (SSSR count). The Bertz CT molecular complexity index is 237. The minimum absolute atomic E-state index is 0.0809. The third-order valence-electron chi connectivity index (χ3n) is 3.67. The minimum Gasteiger partial charge on any atom is -0.354 e. The van der Waals surface area contributed by atoms with Crippen LogP contribution in [0.4, 0.5) is 0 Å². The minimum atomic E-state index is -0.0820. The molecule has 0 aromatic carbocycles. The molecule has 1 aliphatic heterocycles. The summed E-state index contributed by atoms with van der Waals surface area (Å²) in [4.78, 5) is 14.2.